The molecule has 6 heteroatoms. The molecule has 0 aliphatic carbocycles. The van der Waals surface area contributed by atoms with Gasteiger partial charge in [0, 0.05) is 31.9 Å². The van der Waals surface area contributed by atoms with Crippen LogP contribution in [0.4, 0.5) is 11.4 Å². The summed E-state index contributed by atoms with van der Waals surface area (Å²) in [5, 5.41) is 10.4. The van der Waals surface area contributed by atoms with Crippen molar-refractivity contribution >= 4 is 17.3 Å². The van der Waals surface area contributed by atoms with Crippen molar-refractivity contribution < 1.29 is 4.92 Å². The third-order valence-corrected chi connectivity index (χ3v) is 2.02. The number of hydrogen-bond acceptors (Lipinski definition) is 3. The molecule has 0 aliphatic heterocycles. The summed E-state index contributed by atoms with van der Waals surface area (Å²) >= 11 is 0. The fourth-order valence-corrected chi connectivity index (χ4v) is 1.08. The van der Waals surface area contributed by atoms with Gasteiger partial charge in [0.2, 0.25) is 0 Å². The minimum absolute atomic E-state index is 0.0548. The van der Waals surface area contributed by atoms with Gasteiger partial charge >= 0.3 is 0 Å². The number of nitro benzene ring substituents is 1. The summed E-state index contributed by atoms with van der Waals surface area (Å²) in [7, 11) is 3.32. The van der Waals surface area contributed by atoms with Crippen LogP contribution >= 0.6 is 0 Å². The number of rotatable bonds is 2. The largest absolute Gasteiger partial charge is 0.370 e. The zero-order valence-corrected chi connectivity index (χ0v) is 8.54. The maximum atomic E-state index is 10.4. The predicted octanol–water partition coefficient (Wildman–Crippen LogP) is 0.976. The lowest BCUT2D eigenvalue weighted by molar-refractivity contribution is -0.384. The fourth-order valence-electron chi connectivity index (χ4n) is 1.08. The number of hydrogen-bond donors (Lipinski definition) is 1. The van der Waals surface area contributed by atoms with Crippen LogP contribution in [0.2, 0.25) is 0 Å². The van der Waals surface area contributed by atoms with Crippen molar-refractivity contribution in [2.45, 2.75) is 0 Å². The highest BCUT2D eigenvalue weighted by Gasteiger charge is 2.07. The van der Waals surface area contributed by atoms with E-state index in [1.807, 2.05) is 0 Å². The van der Waals surface area contributed by atoms with Gasteiger partial charge in [0.05, 0.1) is 4.92 Å². The molecule has 80 valence electrons. The van der Waals surface area contributed by atoms with Crippen LogP contribution in [0.5, 0.6) is 0 Å². The summed E-state index contributed by atoms with van der Waals surface area (Å²) in [6.07, 6.45) is 0. The standard InChI is InChI=1S/C9H12N4O2/c1-11-9(10)12(2)7-3-5-8(6-4-7)13(14)15/h3-6H,1-2H3,(H2,10,11). The van der Waals surface area contributed by atoms with Crippen LogP contribution in [0.15, 0.2) is 29.3 Å². The average Bonchev–Trinajstić information content (AvgIpc) is 2.27. The van der Waals surface area contributed by atoms with Gasteiger partial charge in [0.1, 0.15) is 0 Å². The smallest absolute Gasteiger partial charge is 0.269 e. The second kappa shape index (κ2) is 4.41. The van der Waals surface area contributed by atoms with Gasteiger partial charge in [-0.05, 0) is 12.1 Å². The molecular weight excluding hydrogens is 196 g/mol. The van der Waals surface area contributed by atoms with Crippen molar-refractivity contribution in [2.75, 3.05) is 19.0 Å². The van der Waals surface area contributed by atoms with Crippen molar-refractivity contribution in [3.8, 4) is 0 Å². The lowest BCUT2D eigenvalue weighted by atomic mass is 10.3. The number of nitrogens with two attached hydrogens (primary N) is 1. The molecule has 0 unspecified atom stereocenters. The van der Waals surface area contributed by atoms with Crippen molar-refractivity contribution in [1.29, 1.82) is 0 Å². The maximum absolute atomic E-state index is 10.4. The van der Waals surface area contributed by atoms with Gasteiger partial charge in [-0.2, -0.15) is 0 Å². The van der Waals surface area contributed by atoms with Crippen LogP contribution < -0.4 is 10.6 Å². The zero-order chi connectivity index (χ0) is 11.4. The first-order chi connectivity index (χ1) is 7.06. The number of aliphatic imine (C=N–C) groups is 1. The zero-order valence-electron chi connectivity index (χ0n) is 8.54. The van der Waals surface area contributed by atoms with E-state index in [1.54, 1.807) is 31.1 Å². The Morgan fingerprint density at radius 3 is 2.40 bits per heavy atom. The number of nitrogens with zero attached hydrogens (tertiary/aromatic N) is 3. The monoisotopic (exact) mass is 208 g/mol. The molecule has 0 amide bonds. The molecule has 0 heterocycles. The normalized spacial score (nSPS) is 11.2. The molecule has 0 fully saturated rings. The van der Waals surface area contributed by atoms with E-state index >= 15 is 0 Å². The first-order valence-electron chi connectivity index (χ1n) is 4.26. The molecule has 0 bridgehead atoms. The molecule has 0 aromatic heterocycles. The molecule has 1 aromatic carbocycles. The Morgan fingerprint density at radius 1 is 1.47 bits per heavy atom. The number of benzene rings is 1. The Morgan fingerprint density at radius 2 is 2.00 bits per heavy atom. The first-order valence-corrected chi connectivity index (χ1v) is 4.26. The van der Waals surface area contributed by atoms with Gasteiger partial charge in [0.15, 0.2) is 5.96 Å². The van der Waals surface area contributed by atoms with Crippen LogP contribution in [-0.2, 0) is 0 Å². The Kier molecular flexibility index (Phi) is 3.22. The third kappa shape index (κ3) is 2.43. The van der Waals surface area contributed by atoms with E-state index in [-0.39, 0.29) is 5.69 Å². The molecule has 0 spiro atoms. The van der Waals surface area contributed by atoms with Crippen LogP contribution in [0, 0.1) is 10.1 Å². The van der Waals surface area contributed by atoms with Crippen molar-refractivity contribution in [2.24, 2.45) is 10.7 Å². The molecule has 1 rings (SSSR count). The number of nitro groups is 1. The molecule has 6 nitrogen and oxygen atoms in total. The topological polar surface area (TPSA) is 84.8 Å². The summed E-state index contributed by atoms with van der Waals surface area (Å²) in [5.41, 5.74) is 6.40. The molecule has 0 atom stereocenters. The highest BCUT2D eigenvalue weighted by atomic mass is 16.6. The molecule has 0 saturated carbocycles. The number of guanidine groups is 1. The molecule has 2 N–H and O–H groups in total. The van der Waals surface area contributed by atoms with Gasteiger partial charge in [-0.1, -0.05) is 0 Å². The number of non-ortho nitro benzene ring substituents is 1. The van der Waals surface area contributed by atoms with E-state index < -0.39 is 4.92 Å². The van der Waals surface area contributed by atoms with Gasteiger partial charge in [-0.25, -0.2) is 0 Å². The van der Waals surface area contributed by atoms with Gasteiger partial charge in [0.25, 0.3) is 5.69 Å². The first kappa shape index (κ1) is 11.0. The Balaban J connectivity index is 2.94. The fraction of sp³-hybridized carbons (Fsp3) is 0.222. The minimum Gasteiger partial charge on any atom is -0.370 e. The molecular formula is C9H12N4O2. The van der Waals surface area contributed by atoms with Crippen molar-refractivity contribution in [3.05, 3.63) is 34.4 Å². The quantitative estimate of drug-likeness (QED) is 0.339. The van der Waals surface area contributed by atoms with E-state index in [2.05, 4.69) is 4.99 Å². The van der Waals surface area contributed by atoms with Gasteiger partial charge in [-0.3, -0.25) is 15.1 Å². The third-order valence-electron chi connectivity index (χ3n) is 2.02. The van der Waals surface area contributed by atoms with Crippen LogP contribution in [0.1, 0.15) is 0 Å². The summed E-state index contributed by atoms with van der Waals surface area (Å²) in [4.78, 5) is 15.4. The van der Waals surface area contributed by atoms with Crippen LogP contribution in [0.25, 0.3) is 0 Å². The van der Waals surface area contributed by atoms with E-state index in [0.717, 1.165) is 5.69 Å². The van der Waals surface area contributed by atoms with Crippen LogP contribution in [-0.4, -0.2) is 25.0 Å². The van der Waals surface area contributed by atoms with Gasteiger partial charge < -0.3 is 10.6 Å². The lowest BCUT2D eigenvalue weighted by Crippen LogP contribution is -2.33. The lowest BCUT2D eigenvalue weighted by Gasteiger charge is -2.17. The molecule has 0 saturated heterocycles. The molecule has 0 aliphatic rings. The SMILES string of the molecule is CN=C(N)N(C)c1ccc([N+](=O)[O-])cc1. The molecule has 1 aromatic rings. The molecule has 0 radical (unpaired) electrons. The number of anilines is 1. The Bertz CT molecular complexity index is 386. The highest BCUT2D eigenvalue weighted by Crippen LogP contribution is 2.17. The van der Waals surface area contributed by atoms with E-state index in [4.69, 9.17) is 5.73 Å². The van der Waals surface area contributed by atoms with Crippen molar-refractivity contribution in [3.63, 3.8) is 0 Å². The highest BCUT2D eigenvalue weighted by molar-refractivity contribution is 5.94. The predicted molar refractivity (Wildman–Crippen MR) is 59.0 cm³/mol. The summed E-state index contributed by atoms with van der Waals surface area (Å²) < 4.78 is 0. The second-order valence-corrected chi connectivity index (χ2v) is 2.91. The van der Waals surface area contributed by atoms with E-state index in [0.29, 0.717) is 5.96 Å². The summed E-state index contributed by atoms with van der Waals surface area (Å²) in [6.45, 7) is 0. The Hall–Kier alpha value is -2.11. The summed E-state index contributed by atoms with van der Waals surface area (Å²) in [5.74, 6) is 0.351. The second-order valence-electron chi connectivity index (χ2n) is 2.91. The van der Waals surface area contributed by atoms with Crippen molar-refractivity contribution in [1.82, 2.24) is 0 Å². The maximum Gasteiger partial charge on any atom is 0.269 e. The summed E-state index contributed by atoms with van der Waals surface area (Å²) in [6, 6.07) is 6.09. The van der Waals surface area contributed by atoms with Gasteiger partial charge in [-0.15, -0.1) is 0 Å². The van der Waals surface area contributed by atoms with E-state index in [1.165, 1.54) is 12.1 Å². The molecule has 15 heavy (non-hydrogen) atoms. The van der Waals surface area contributed by atoms with Crippen LogP contribution in [0.3, 0.4) is 0 Å². The average molecular weight is 208 g/mol. The van der Waals surface area contributed by atoms with E-state index in [9.17, 15) is 10.1 Å². The Labute approximate surface area is 87.2 Å². The minimum atomic E-state index is -0.443.